The Morgan fingerprint density at radius 1 is 1.58 bits per heavy atom. The summed E-state index contributed by atoms with van der Waals surface area (Å²) in [4.78, 5) is 22.1. The highest BCUT2D eigenvalue weighted by Gasteiger charge is 2.54. The van der Waals surface area contributed by atoms with Crippen LogP contribution in [-0.2, 0) is 9.59 Å². The quantitative estimate of drug-likeness (QED) is 0.640. The average Bonchev–Trinajstić information content (AvgIpc) is 2.42. The van der Waals surface area contributed by atoms with E-state index in [-0.39, 0.29) is 18.1 Å². The minimum atomic E-state index is -0.754. The third-order valence-electron chi connectivity index (χ3n) is 3.37. The van der Waals surface area contributed by atoms with Crippen molar-refractivity contribution in [3.05, 3.63) is 0 Å². The molecule has 2 aliphatic carbocycles. The summed E-state index contributed by atoms with van der Waals surface area (Å²) in [7, 11) is 0. The molecule has 0 spiro atoms. The monoisotopic (exact) mass is 168 g/mol. The topological polar surface area (TPSA) is 54.4 Å². The SMILES string of the molecule is O=C1C[C@@H]2CCC[C@@]2(C(=O)O)C1. The highest BCUT2D eigenvalue weighted by molar-refractivity contribution is 5.91. The Kier molecular flexibility index (Phi) is 1.50. The van der Waals surface area contributed by atoms with Gasteiger partial charge in [0, 0.05) is 12.8 Å². The first-order valence-electron chi connectivity index (χ1n) is 4.40. The first kappa shape index (κ1) is 7.77. The van der Waals surface area contributed by atoms with E-state index in [0.29, 0.717) is 12.8 Å². The fourth-order valence-corrected chi connectivity index (χ4v) is 2.73. The zero-order valence-electron chi connectivity index (χ0n) is 6.88. The fourth-order valence-electron chi connectivity index (χ4n) is 2.73. The predicted molar refractivity (Wildman–Crippen MR) is 41.7 cm³/mol. The molecule has 0 aromatic heterocycles. The van der Waals surface area contributed by atoms with Crippen LogP contribution in [0.15, 0.2) is 0 Å². The van der Waals surface area contributed by atoms with Gasteiger partial charge in [0.2, 0.25) is 0 Å². The number of carboxylic acid groups (broad SMARTS) is 1. The van der Waals surface area contributed by atoms with Crippen molar-refractivity contribution < 1.29 is 14.7 Å². The molecular formula is C9H12O3. The molecule has 3 nitrogen and oxygen atoms in total. The summed E-state index contributed by atoms with van der Waals surface area (Å²) in [5.41, 5.74) is -0.656. The van der Waals surface area contributed by atoms with Crippen LogP contribution < -0.4 is 0 Å². The van der Waals surface area contributed by atoms with E-state index < -0.39 is 11.4 Å². The van der Waals surface area contributed by atoms with Crippen molar-refractivity contribution in [2.75, 3.05) is 0 Å². The van der Waals surface area contributed by atoms with E-state index in [4.69, 9.17) is 5.11 Å². The number of fused-ring (bicyclic) bond motifs is 1. The molecule has 0 aliphatic heterocycles. The Labute approximate surface area is 70.8 Å². The lowest BCUT2D eigenvalue weighted by Crippen LogP contribution is -2.30. The van der Waals surface area contributed by atoms with Crippen molar-refractivity contribution in [3.8, 4) is 0 Å². The van der Waals surface area contributed by atoms with Gasteiger partial charge in [-0.05, 0) is 18.8 Å². The molecule has 0 saturated heterocycles. The molecule has 2 atom stereocenters. The lowest BCUT2D eigenvalue weighted by Gasteiger charge is -2.21. The van der Waals surface area contributed by atoms with Crippen LogP contribution in [0.2, 0.25) is 0 Å². The van der Waals surface area contributed by atoms with E-state index in [0.717, 1.165) is 12.8 Å². The highest BCUT2D eigenvalue weighted by Crippen LogP contribution is 2.52. The predicted octanol–water partition coefficient (Wildman–Crippen LogP) is 1.22. The van der Waals surface area contributed by atoms with Gasteiger partial charge in [0.25, 0.3) is 0 Å². The number of hydrogen-bond donors (Lipinski definition) is 1. The van der Waals surface area contributed by atoms with E-state index in [9.17, 15) is 9.59 Å². The van der Waals surface area contributed by atoms with Crippen molar-refractivity contribution in [3.63, 3.8) is 0 Å². The second-order valence-electron chi connectivity index (χ2n) is 3.97. The van der Waals surface area contributed by atoms with Crippen LogP contribution in [-0.4, -0.2) is 16.9 Å². The lowest BCUT2D eigenvalue weighted by molar-refractivity contribution is -0.150. The van der Waals surface area contributed by atoms with Crippen LogP contribution in [0, 0.1) is 11.3 Å². The molecule has 2 rings (SSSR count). The Morgan fingerprint density at radius 2 is 2.33 bits per heavy atom. The summed E-state index contributed by atoms with van der Waals surface area (Å²) in [6.07, 6.45) is 3.40. The highest BCUT2D eigenvalue weighted by atomic mass is 16.4. The molecule has 0 unspecified atom stereocenters. The molecular weight excluding hydrogens is 156 g/mol. The fraction of sp³-hybridized carbons (Fsp3) is 0.778. The molecule has 0 radical (unpaired) electrons. The Bertz CT molecular complexity index is 246. The van der Waals surface area contributed by atoms with Crippen LogP contribution in [0.1, 0.15) is 32.1 Å². The maximum Gasteiger partial charge on any atom is 0.310 e. The average molecular weight is 168 g/mol. The molecule has 1 N–H and O–H groups in total. The standard InChI is InChI=1S/C9H12O3/c10-7-4-6-2-1-3-9(6,5-7)8(11)12/h6H,1-5H2,(H,11,12)/t6-,9+/m0/s1. The number of rotatable bonds is 1. The third-order valence-corrected chi connectivity index (χ3v) is 3.37. The van der Waals surface area contributed by atoms with Crippen LogP contribution in [0.5, 0.6) is 0 Å². The van der Waals surface area contributed by atoms with Gasteiger partial charge < -0.3 is 5.11 Å². The number of carbonyl (C=O) groups is 2. The summed E-state index contributed by atoms with van der Waals surface area (Å²) in [5.74, 6) is -0.472. The van der Waals surface area contributed by atoms with E-state index in [1.54, 1.807) is 0 Å². The number of Topliss-reactive ketones (excluding diaryl/α,β-unsaturated/α-hetero) is 1. The van der Waals surface area contributed by atoms with Crippen molar-refractivity contribution >= 4 is 11.8 Å². The molecule has 0 heterocycles. The zero-order valence-corrected chi connectivity index (χ0v) is 6.88. The van der Waals surface area contributed by atoms with Gasteiger partial charge in [-0.15, -0.1) is 0 Å². The van der Waals surface area contributed by atoms with Crippen molar-refractivity contribution in [2.45, 2.75) is 32.1 Å². The van der Waals surface area contributed by atoms with Crippen molar-refractivity contribution in [1.82, 2.24) is 0 Å². The smallest absolute Gasteiger partial charge is 0.310 e. The zero-order chi connectivity index (χ0) is 8.77. The summed E-state index contributed by atoms with van der Waals surface area (Å²) >= 11 is 0. The molecule has 66 valence electrons. The maximum atomic E-state index is 11.1. The van der Waals surface area contributed by atoms with Gasteiger partial charge in [-0.25, -0.2) is 0 Å². The van der Waals surface area contributed by atoms with Gasteiger partial charge >= 0.3 is 5.97 Å². The molecule has 0 bridgehead atoms. The van der Waals surface area contributed by atoms with Crippen LogP contribution in [0.25, 0.3) is 0 Å². The Balaban J connectivity index is 2.32. The number of hydrogen-bond acceptors (Lipinski definition) is 2. The summed E-state index contributed by atoms with van der Waals surface area (Å²) in [6, 6.07) is 0. The second-order valence-corrected chi connectivity index (χ2v) is 3.97. The van der Waals surface area contributed by atoms with Crippen LogP contribution in [0.4, 0.5) is 0 Å². The number of ketones is 1. The van der Waals surface area contributed by atoms with Crippen molar-refractivity contribution in [1.29, 1.82) is 0 Å². The first-order chi connectivity index (χ1) is 5.65. The Morgan fingerprint density at radius 3 is 2.92 bits per heavy atom. The number of carboxylic acids is 1. The van der Waals surface area contributed by atoms with Gasteiger partial charge in [-0.2, -0.15) is 0 Å². The van der Waals surface area contributed by atoms with Gasteiger partial charge in [-0.1, -0.05) is 6.42 Å². The molecule has 2 saturated carbocycles. The van der Waals surface area contributed by atoms with E-state index in [2.05, 4.69) is 0 Å². The molecule has 3 heteroatoms. The third kappa shape index (κ3) is 0.822. The van der Waals surface area contributed by atoms with Gasteiger partial charge in [-0.3, -0.25) is 9.59 Å². The minimum absolute atomic E-state index is 0.141. The van der Waals surface area contributed by atoms with Crippen LogP contribution in [0.3, 0.4) is 0 Å². The molecule has 2 fully saturated rings. The largest absolute Gasteiger partial charge is 0.481 e. The first-order valence-corrected chi connectivity index (χ1v) is 4.40. The summed E-state index contributed by atoms with van der Waals surface area (Å²) in [6.45, 7) is 0. The number of aliphatic carboxylic acids is 1. The van der Waals surface area contributed by atoms with E-state index in [1.165, 1.54) is 0 Å². The van der Waals surface area contributed by atoms with Crippen molar-refractivity contribution in [2.24, 2.45) is 11.3 Å². The Hall–Kier alpha value is -0.860. The van der Waals surface area contributed by atoms with Gasteiger partial charge in [0.05, 0.1) is 5.41 Å². The van der Waals surface area contributed by atoms with Gasteiger partial charge in [0.15, 0.2) is 0 Å². The minimum Gasteiger partial charge on any atom is -0.481 e. The molecule has 0 aromatic rings. The molecule has 2 aliphatic rings. The van der Waals surface area contributed by atoms with E-state index >= 15 is 0 Å². The van der Waals surface area contributed by atoms with Crippen LogP contribution >= 0.6 is 0 Å². The molecule has 0 amide bonds. The van der Waals surface area contributed by atoms with E-state index in [1.807, 2.05) is 0 Å². The summed E-state index contributed by atoms with van der Waals surface area (Å²) < 4.78 is 0. The molecule has 0 aromatic carbocycles. The second kappa shape index (κ2) is 2.31. The lowest BCUT2D eigenvalue weighted by atomic mass is 9.81. The summed E-state index contributed by atoms with van der Waals surface area (Å²) in [5, 5.41) is 9.04. The molecule has 12 heavy (non-hydrogen) atoms. The maximum absolute atomic E-state index is 11.1. The van der Waals surface area contributed by atoms with Gasteiger partial charge in [0.1, 0.15) is 5.78 Å². The normalized spacial score (nSPS) is 40.0. The number of carbonyl (C=O) groups excluding carboxylic acids is 1.